The van der Waals surface area contributed by atoms with Gasteiger partial charge in [-0.05, 0) is 11.0 Å². The van der Waals surface area contributed by atoms with Crippen LogP contribution in [0.5, 0.6) is 0 Å². The van der Waals surface area contributed by atoms with Crippen LogP contribution in [0.4, 0.5) is 0 Å². The minimum atomic E-state index is 0.0934. The van der Waals surface area contributed by atoms with E-state index in [-0.39, 0.29) is 11.3 Å². The largest absolute Gasteiger partial charge is 0.240 e. The highest BCUT2D eigenvalue weighted by atomic mass is 35.5. The zero-order chi connectivity index (χ0) is 10.3. The van der Waals surface area contributed by atoms with Crippen molar-refractivity contribution >= 4 is 23.7 Å². The van der Waals surface area contributed by atoms with Crippen molar-refractivity contribution in [1.82, 2.24) is 0 Å². The van der Waals surface area contributed by atoms with Crippen molar-refractivity contribution in [2.75, 3.05) is 0 Å². The molecule has 0 radical (unpaired) electrons. The molecule has 2 heterocycles. The summed E-state index contributed by atoms with van der Waals surface area (Å²) < 4.78 is 0. The Kier molecular flexibility index (Phi) is 2.11. The molecular formula is C11H13ClN2. The summed E-state index contributed by atoms with van der Waals surface area (Å²) in [4.78, 5) is 8.45. The molecule has 0 fully saturated rings. The van der Waals surface area contributed by atoms with Crippen LogP contribution in [0.2, 0.25) is 0 Å². The van der Waals surface area contributed by atoms with E-state index < -0.39 is 0 Å². The Balaban J connectivity index is 2.35. The zero-order valence-electron chi connectivity index (χ0n) is 8.58. The summed E-state index contributed by atoms with van der Waals surface area (Å²) in [6.45, 7) is 6.50. The highest BCUT2D eigenvalue weighted by Gasteiger charge is 2.27. The molecule has 1 unspecified atom stereocenters. The van der Waals surface area contributed by atoms with Crippen LogP contribution in [0.3, 0.4) is 0 Å². The number of rotatable bonds is 0. The smallest absolute Gasteiger partial charge is 0.140 e. The Bertz CT molecular complexity index is 381. The van der Waals surface area contributed by atoms with E-state index >= 15 is 0 Å². The molecule has 0 saturated heterocycles. The van der Waals surface area contributed by atoms with Crippen molar-refractivity contribution in [3.05, 3.63) is 22.9 Å². The lowest BCUT2D eigenvalue weighted by molar-refractivity contribution is 0.523. The van der Waals surface area contributed by atoms with Gasteiger partial charge in [0.15, 0.2) is 0 Å². The van der Waals surface area contributed by atoms with Crippen LogP contribution in [0.25, 0.3) is 0 Å². The maximum absolute atomic E-state index is 6.03. The van der Waals surface area contributed by atoms with Gasteiger partial charge in [-0.2, -0.15) is 0 Å². The number of nitrogens with zero attached hydrogens (tertiary/aromatic N) is 2. The number of amidine groups is 1. The summed E-state index contributed by atoms with van der Waals surface area (Å²) in [5.41, 5.74) is 1.34. The quantitative estimate of drug-likeness (QED) is 0.584. The number of fused-ring (bicyclic) bond motifs is 1. The molecule has 0 amide bonds. The van der Waals surface area contributed by atoms with E-state index in [1.54, 1.807) is 6.20 Å². The monoisotopic (exact) mass is 208 g/mol. The number of dihydropyridines is 1. The van der Waals surface area contributed by atoms with Gasteiger partial charge in [-0.1, -0.05) is 38.4 Å². The molecule has 1 atom stereocenters. The summed E-state index contributed by atoms with van der Waals surface area (Å²) >= 11 is 6.03. The third-order valence-corrected chi connectivity index (χ3v) is 2.78. The molecule has 0 saturated carbocycles. The fraction of sp³-hybridized carbons (Fsp3) is 0.455. The third-order valence-electron chi connectivity index (χ3n) is 2.44. The third kappa shape index (κ3) is 1.55. The minimum Gasteiger partial charge on any atom is -0.240 e. The van der Waals surface area contributed by atoms with Gasteiger partial charge in [0.05, 0.1) is 11.0 Å². The maximum Gasteiger partial charge on any atom is 0.140 e. The molecule has 0 N–H and O–H groups in total. The number of aliphatic imine (C=N–C) groups is 2. The molecule has 0 aliphatic carbocycles. The van der Waals surface area contributed by atoms with Crippen molar-refractivity contribution in [1.29, 1.82) is 0 Å². The van der Waals surface area contributed by atoms with Crippen LogP contribution < -0.4 is 0 Å². The second kappa shape index (κ2) is 3.06. The lowest BCUT2D eigenvalue weighted by Gasteiger charge is -2.24. The Morgan fingerprint density at radius 1 is 1.36 bits per heavy atom. The summed E-state index contributed by atoms with van der Waals surface area (Å²) in [7, 11) is 0. The van der Waals surface area contributed by atoms with Crippen molar-refractivity contribution in [3.8, 4) is 0 Å². The Morgan fingerprint density at radius 2 is 2.07 bits per heavy atom. The fourth-order valence-corrected chi connectivity index (χ4v) is 1.69. The molecule has 3 heteroatoms. The summed E-state index contributed by atoms with van der Waals surface area (Å²) in [6.07, 6.45) is 5.72. The van der Waals surface area contributed by atoms with Gasteiger partial charge in [0.25, 0.3) is 0 Å². The van der Waals surface area contributed by atoms with Crippen LogP contribution in [0, 0.1) is 11.3 Å². The summed E-state index contributed by atoms with van der Waals surface area (Å²) in [5, 5.41) is 0.763. The molecule has 0 spiro atoms. The van der Waals surface area contributed by atoms with Gasteiger partial charge in [-0.15, -0.1) is 0 Å². The molecule has 14 heavy (non-hydrogen) atoms. The Labute approximate surface area is 89.1 Å². The molecule has 0 aromatic rings. The van der Waals surface area contributed by atoms with Crippen LogP contribution in [-0.2, 0) is 0 Å². The van der Waals surface area contributed by atoms with Crippen molar-refractivity contribution < 1.29 is 0 Å². The van der Waals surface area contributed by atoms with Gasteiger partial charge in [-0.3, -0.25) is 0 Å². The molecule has 74 valence electrons. The van der Waals surface area contributed by atoms with Crippen LogP contribution in [0.1, 0.15) is 20.8 Å². The van der Waals surface area contributed by atoms with E-state index in [2.05, 4.69) is 36.8 Å². The Morgan fingerprint density at radius 3 is 2.71 bits per heavy atom. The average molecular weight is 209 g/mol. The molecule has 2 aliphatic heterocycles. The highest BCUT2D eigenvalue weighted by molar-refractivity contribution is 6.33. The van der Waals surface area contributed by atoms with E-state index in [9.17, 15) is 0 Å². The van der Waals surface area contributed by atoms with E-state index in [1.807, 2.05) is 6.21 Å². The average Bonchev–Trinajstić information content (AvgIpc) is 2.46. The minimum absolute atomic E-state index is 0.0934. The van der Waals surface area contributed by atoms with Crippen molar-refractivity contribution in [2.45, 2.75) is 20.8 Å². The van der Waals surface area contributed by atoms with Crippen molar-refractivity contribution in [3.63, 3.8) is 0 Å². The van der Waals surface area contributed by atoms with Gasteiger partial charge in [-0.25, -0.2) is 9.98 Å². The van der Waals surface area contributed by atoms with Crippen LogP contribution in [0.15, 0.2) is 32.9 Å². The SMILES string of the molecule is CC(C)(C)C1=CC2C(Cl)=CN=C2N=C1. The van der Waals surface area contributed by atoms with E-state index in [4.69, 9.17) is 11.6 Å². The van der Waals surface area contributed by atoms with Crippen LogP contribution >= 0.6 is 11.6 Å². The zero-order valence-corrected chi connectivity index (χ0v) is 9.34. The number of hydrogen-bond acceptors (Lipinski definition) is 2. The first kappa shape index (κ1) is 9.66. The van der Waals surface area contributed by atoms with Crippen molar-refractivity contribution in [2.24, 2.45) is 21.3 Å². The molecular weight excluding hydrogens is 196 g/mol. The lowest BCUT2D eigenvalue weighted by atomic mass is 9.84. The normalized spacial score (nSPS) is 25.4. The number of hydrogen-bond donors (Lipinski definition) is 0. The maximum atomic E-state index is 6.03. The number of halogens is 1. The summed E-state index contributed by atoms with van der Waals surface area (Å²) in [5.74, 6) is 0.902. The van der Waals surface area contributed by atoms with Gasteiger partial charge in [0.1, 0.15) is 5.84 Å². The molecule has 0 aromatic carbocycles. The summed E-state index contributed by atoms with van der Waals surface area (Å²) in [6, 6.07) is 0. The second-order valence-corrected chi connectivity index (χ2v) is 5.05. The second-order valence-electron chi connectivity index (χ2n) is 4.61. The van der Waals surface area contributed by atoms with Gasteiger partial charge in [0.2, 0.25) is 0 Å². The molecule has 2 aliphatic rings. The lowest BCUT2D eigenvalue weighted by Crippen LogP contribution is -2.19. The van der Waals surface area contributed by atoms with Crippen LogP contribution in [-0.4, -0.2) is 12.1 Å². The first-order chi connectivity index (χ1) is 6.48. The number of allylic oxidation sites excluding steroid dienone is 1. The predicted octanol–water partition coefficient (Wildman–Crippen LogP) is 3.15. The van der Waals surface area contributed by atoms with E-state index in [0.29, 0.717) is 0 Å². The van der Waals surface area contributed by atoms with Gasteiger partial charge >= 0.3 is 0 Å². The predicted molar refractivity (Wildman–Crippen MR) is 60.9 cm³/mol. The first-order valence-corrected chi connectivity index (χ1v) is 5.06. The highest BCUT2D eigenvalue weighted by Crippen LogP contribution is 2.33. The molecule has 0 bridgehead atoms. The fourth-order valence-electron chi connectivity index (χ4n) is 1.48. The standard InChI is InChI=1S/C11H13ClN2/c1-11(2,3)7-4-8-9(12)6-14-10(8)13-5-7/h4-6,8H,1-3H3. The van der Waals surface area contributed by atoms with Gasteiger partial charge < -0.3 is 0 Å². The molecule has 2 rings (SSSR count). The molecule has 0 aromatic heterocycles. The van der Waals surface area contributed by atoms with E-state index in [0.717, 1.165) is 10.9 Å². The first-order valence-electron chi connectivity index (χ1n) is 4.68. The van der Waals surface area contributed by atoms with Gasteiger partial charge in [0, 0.05) is 12.4 Å². The van der Waals surface area contributed by atoms with E-state index in [1.165, 1.54) is 5.57 Å². The molecule has 2 nitrogen and oxygen atoms in total. The Hall–Kier alpha value is -0.890. The topological polar surface area (TPSA) is 24.7 Å².